The fourth-order valence-corrected chi connectivity index (χ4v) is 3.66. The second-order valence-electron chi connectivity index (χ2n) is 7.34. The Labute approximate surface area is 166 Å². The number of amides is 3. The lowest BCUT2D eigenvalue weighted by molar-refractivity contribution is -0.115. The molecule has 2 aromatic carbocycles. The number of hydrogen-bond donors (Lipinski definition) is 3. The van der Waals surface area contributed by atoms with Gasteiger partial charge in [0.25, 0.3) is 0 Å². The molecule has 0 fully saturated rings. The number of nitrogens with one attached hydrogen (secondary N) is 3. The highest BCUT2D eigenvalue weighted by atomic mass is 16.2. The van der Waals surface area contributed by atoms with E-state index in [0.717, 1.165) is 36.1 Å². The van der Waals surface area contributed by atoms with Crippen molar-refractivity contribution in [2.45, 2.75) is 52.0 Å². The normalized spacial score (nSPS) is 13.9. The van der Waals surface area contributed by atoms with Crippen LogP contribution in [0.3, 0.4) is 0 Å². The van der Waals surface area contributed by atoms with Crippen molar-refractivity contribution in [1.82, 2.24) is 10.6 Å². The first-order chi connectivity index (χ1) is 13.6. The summed E-state index contributed by atoms with van der Waals surface area (Å²) in [7, 11) is 0. The van der Waals surface area contributed by atoms with Crippen LogP contribution in [0.4, 0.5) is 10.5 Å². The number of anilines is 1. The Bertz CT molecular complexity index is 847. The highest BCUT2D eigenvalue weighted by Gasteiger charge is 2.14. The minimum absolute atomic E-state index is 0.0687. The van der Waals surface area contributed by atoms with Gasteiger partial charge < -0.3 is 16.0 Å². The average Bonchev–Trinajstić information content (AvgIpc) is 2.72. The maximum absolute atomic E-state index is 12.2. The molecule has 5 heteroatoms. The van der Waals surface area contributed by atoms with Gasteiger partial charge in [0.1, 0.15) is 0 Å². The van der Waals surface area contributed by atoms with Gasteiger partial charge in [-0.3, -0.25) is 4.79 Å². The number of carbonyl (C=O) groups excluding carboxylic acids is 2. The average molecular weight is 380 g/mol. The molecule has 28 heavy (non-hydrogen) atoms. The number of hydrogen-bond acceptors (Lipinski definition) is 2. The quantitative estimate of drug-likeness (QED) is 0.706. The van der Waals surface area contributed by atoms with E-state index in [2.05, 4.69) is 34.1 Å². The van der Waals surface area contributed by atoms with Crippen LogP contribution in [0, 0.1) is 0 Å². The van der Waals surface area contributed by atoms with Crippen molar-refractivity contribution in [3.8, 4) is 0 Å². The standard InChI is InChI=1S/C23H29N3O2/c1-3-17-8-6-7-11-21(17)26-22(27)15-24-23(28)25-16(2)19-13-12-18-9-4-5-10-20(18)14-19/h6-8,11-14,16H,3-5,9-10,15H2,1-2H3,(H,26,27)(H2,24,25,28). The lowest BCUT2D eigenvalue weighted by atomic mass is 9.89. The second-order valence-corrected chi connectivity index (χ2v) is 7.34. The molecular weight excluding hydrogens is 350 g/mol. The summed E-state index contributed by atoms with van der Waals surface area (Å²) in [6, 6.07) is 13.7. The van der Waals surface area contributed by atoms with E-state index in [4.69, 9.17) is 0 Å². The predicted molar refractivity (Wildman–Crippen MR) is 112 cm³/mol. The Hall–Kier alpha value is -2.82. The van der Waals surface area contributed by atoms with Gasteiger partial charge in [-0.15, -0.1) is 0 Å². The van der Waals surface area contributed by atoms with Crippen molar-refractivity contribution in [3.63, 3.8) is 0 Å². The molecule has 0 bridgehead atoms. The molecule has 0 saturated heterocycles. The molecule has 0 heterocycles. The largest absolute Gasteiger partial charge is 0.332 e. The van der Waals surface area contributed by atoms with Gasteiger partial charge in [-0.25, -0.2) is 4.79 Å². The van der Waals surface area contributed by atoms with E-state index in [-0.39, 0.29) is 24.5 Å². The van der Waals surface area contributed by atoms with Crippen molar-refractivity contribution >= 4 is 17.6 Å². The maximum atomic E-state index is 12.2. The van der Waals surface area contributed by atoms with Crippen LogP contribution >= 0.6 is 0 Å². The molecule has 0 spiro atoms. The molecule has 0 aromatic heterocycles. The first-order valence-electron chi connectivity index (χ1n) is 10.1. The number of rotatable bonds is 6. The second kappa shape index (κ2) is 9.40. The SMILES string of the molecule is CCc1ccccc1NC(=O)CNC(=O)NC(C)c1ccc2c(c1)CCCC2. The summed E-state index contributed by atoms with van der Waals surface area (Å²) in [5.41, 5.74) is 5.78. The van der Waals surface area contributed by atoms with E-state index >= 15 is 0 Å². The zero-order chi connectivity index (χ0) is 19.9. The molecule has 0 aliphatic heterocycles. The monoisotopic (exact) mass is 379 g/mol. The minimum Gasteiger partial charge on any atom is -0.332 e. The third-order valence-electron chi connectivity index (χ3n) is 5.30. The third-order valence-corrected chi connectivity index (χ3v) is 5.30. The number of benzene rings is 2. The van der Waals surface area contributed by atoms with Crippen LogP contribution in [-0.2, 0) is 24.1 Å². The smallest absolute Gasteiger partial charge is 0.315 e. The minimum atomic E-state index is -0.343. The third kappa shape index (κ3) is 5.12. The van der Waals surface area contributed by atoms with Crippen molar-refractivity contribution in [2.24, 2.45) is 0 Å². The van der Waals surface area contributed by atoms with Gasteiger partial charge in [-0.05, 0) is 67.3 Å². The molecule has 1 aliphatic carbocycles. The van der Waals surface area contributed by atoms with Crippen LogP contribution in [-0.4, -0.2) is 18.5 Å². The molecule has 5 nitrogen and oxygen atoms in total. The highest BCUT2D eigenvalue weighted by Crippen LogP contribution is 2.24. The Morgan fingerprint density at radius 1 is 1.04 bits per heavy atom. The Kier molecular flexibility index (Phi) is 6.69. The summed E-state index contributed by atoms with van der Waals surface area (Å²) in [4.78, 5) is 24.3. The molecule has 3 rings (SSSR count). The van der Waals surface area contributed by atoms with E-state index in [1.807, 2.05) is 38.1 Å². The van der Waals surface area contributed by atoms with Crippen LogP contribution in [0.2, 0.25) is 0 Å². The molecule has 3 amide bonds. The number of fused-ring (bicyclic) bond motifs is 1. The first-order valence-corrected chi connectivity index (χ1v) is 10.1. The van der Waals surface area contributed by atoms with E-state index in [1.165, 1.54) is 24.0 Å². The number of urea groups is 1. The van der Waals surface area contributed by atoms with Crippen LogP contribution < -0.4 is 16.0 Å². The summed E-state index contributed by atoms with van der Waals surface area (Å²) < 4.78 is 0. The summed E-state index contributed by atoms with van der Waals surface area (Å²) in [5.74, 6) is -0.238. The summed E-state index contributed by atoms with van der Waals surface area (Å²) >= 11 is 0. The number of carbonyl (C=O) groups is 2. The molecule has 0 saturated carbocycles. The summed E-state index contributed by atoms with van der Waals surface area (Å²) in [6.07, 6.45) is 5.58. The first kappa shape index (κ1) is 19.9. The van der Waals surface area contributed by atoms with Crippen molar-refractivity contribution in [3.05, 3.63) is 64.7 Å². The molecule has 2 aromatic rings. The van der Waals surface area contributed by atoms with Gasteiger partial charge in [0.2, 0.25) is 5.91 Å². The molecule has 0 radical (unpaired) electrons. The topological polar surface area (TPSA) is 70.2 Å². The van der Waals surface area contributed by atoms with Crippen LogP contribution in [0.5, 0.6) is 0 Å². The highest BCUT2D eigenvalue weighted by molar-refractivity contribution is 5.94. The lowest BCUT2D eigenvalue weighted by Crippen LogP contribution is -2.41. The fourth-order valence-electron chi connectivity index (χ4n) is 3.66. The molecule has 1 atom stereocenters. The Morgan fingerprint density at radius 3 is 2.57 bits per heavy atom. The fraction of sp³-hybridized carbons (Fsp3) is 0.391. The lowest BCUT2D eigenvalue weighted by Gasteiger charge is -2.20. The van der Waals surface area contributed by atoms with E-state index in [0.29, 0.717) is 0 Å². The van der Waals surface area contributed by atoms with Crippen LogP contribution in [0.15, 0.2) is 42.5 Å². The van der Waals surface area contributed by atoms with Gasteiger partial charge in [0.15, 0.2) is 0 Å². The zero-order valence-electron chi connectivity index (χ0n) is 16.7. The maximum Gasteiger partial charge on any atom is 0.315 e. The van der Waals surface area contributed by atoms with E-state index in [9.17, 15) is 9.59 Å². The Morgan fingerprint density at radius 2 is 1.79 bits per heavy atom. The van der Waals surface area contributed by atoms with Crippen LogP contribution in [0.1, 0.15) is 55.0 Å². The zero-order valence-corrected chi connectivity index (χ0v) is 16.7. The van der Waals surface area contributed by atoms with Crippen molar-refractivity contribution in [2.75, 3.05) is 11.9 Å². The van der Waals surface area contributed by atoms with E-state index < -0.39 is 0 Å². The van der Waals surface area contributed by atoms with Gasteiger partial charge in [0, 0.05) is 5.69 Å². The predicted octanol–water partition coefficient (Wildman–Crippen LogP) is 4.13. The number of para-hydroxylation sites is 1. The molecule has 1 unspecified atom stereocenters. The van der Waals surface area contributed by atoms with Crippen LogP contribution in [0.25, 0.3) is 0 Å². The molecule has 1 aliphatic rings. The molecule has 3 N–H and O–H groups in total. The van der Waals surface area contributed by atoms with Gasteiger partial charge >= 0.3 is 6.03 Å². The Balaban J connectivity index is 1.49. The van der Waals surface area contributed by atoms with Gasteiger partial charge in [0.05, 0.1) is 12.6 Å². The van der Waals surface area contributed by atoms with Gasteiger partial charge in [-0.2, -0.15) is 0 Å². The molecule has 148 valence electrons. The van der Waals surface area contributed by atoms with E-state index in [1.54, 1.807) is 0 Å². The summed E-state index contributed by atoms with van der Waals surface area (Å²) in [6.45, 7) is 3.93. The number of aryl methyl sites for hydroxylation is 3. The molecular formula is C23H29N3O2. The summed E-state index contributed by atoms with van der Waals surface area (Å²) in [5, 5.41) is 8.41. The van der Waals surface area contributed by atoms with Crippen molar-refractivity contribution in [1.29, 1.82) is 0 Å². The van der Waals surface area contributed by atoms with Crippen molar-refractivity contribution < 1.29 is 9.59 Å². The van der Waals surface area contributed by atoms with Gasteiger partial charge in [-0.1, -0.05) is 43.3 Å².